The molecule has 1 aliphatic rings. The molecule has 0 spiro atoms. The molecule has 0 aromatic carbocycles. The lowest BCUT2D eigenvalue weighted by Gasteiger charge is -2.37. The Hall–Kier alpha value is -1.99. The van der Waals surface area contributed by atoms with Gasteiger partial charge in [0.15, 0.2) is 5.65 Å². The molecule has 7 heteroatoms. The molecule has 1 atom stereocenters. The Kier molecular flexibility index (Phi) is 6.11. The van der Waals surface area contributed by atoms with Crippen molar-refractivity contribution >= 4 is 16.9 Å². The van der Waals surface area contributed by atoms with Crippen LogP contribution in [0.15, 0.2) is 12.3 Å². The van der Waals surface area contributed by atoms with Crippen molar-refractivity contribution in [3.63, 3.8) is 0 Å². The zero-order valence-corrected chi connectivity index (χ0v) is 16.8. The highest BCUT2D eigenvalue weighted by Crippen LogP contribution is 2.29. The van der Waals surface area contributed by atoms with Gasteiger partial charge in [-0.05, 0) is 52.3 Å². The van der Waals surface area contributed by atoms with Crippen molar-refractivity contribution in [3.8, 4) is 0 Å². The summed E-state index contributed by atoms with van der Waals surface area (Å²) in [6.45, 7) is 9.34. The molecule has 1 amide bonds. The van der Waals surface area contributed by atoms with E-state index >= 15 is 0 Å². The summed E-state index contributed by atoms with van der Waals surface area (Å²) in [4.78, 5) is 17.6. The van der Waals surface area contributed by atoms with Crippen molar-refractivity contribution < 1.29 is 9.53 Å². The van der Waals surface area contributed by atoms with Crippen molar-refractivity contribution in [2.45, 2.75) is 46.1 Å². The van der Waals surface area contributed by atoms with Crippen LogP contribution in [0.25, 0.3) is 11.0 Å². The van der Waals surface area contributed by atoms with E-state index in [-0.39, 0.29) is 17.4 Å². The Morgan fingerprint density at radius 1 is 1.44 bits per heavy atom. The first-order valence-corrected chi connectivity index (χ1v) is 9.82. The zero-order chi connectivity index (χ0) is 19.4. The summed E-state index contributed by atoms with van der Waals surface area (Å²) in [5.74, 6) is -0.0665. The number of ether oxygens (including phenoxy) is 1. The van der Waals surface area contributed by atoms with Gasteiger partial charge < -0.3 is 15.4 Å². The van der Waals surface area contributed by atoms with Crippen LogP contribution >= 0.6 is 0 Å². The van der Waals surface area contributed by atoms with Gasteiger partial charge in [-0.15, -0.1) is 0 Å². The highest BCUT2D eigenvalue weighted by atomic mass is 16.5. The van der Waals surface area contributed by atoms with Crippen LogP contribution in [0.5, 0.6) is 0 Å². The molecule has 3 heterocycles. The van der Waals surface area contributed by atoms with Crippen molar-refractivity contribution in [2.75, 3.05) is 33.4 Å². The fraction of sp³-hybridized carbons (Fsp3) is 0.650. The first kappa shape index (κ1) is 19.8. The van der Waals surface area contributed by atoms with Crippen molar-refractivity contribution in [2.24, 2.45) is 5.41 Å². The molecule has 148 valence electrons. The number of fused-ring (bicyclic) bond motifs is 1. The number of nitrogens with zero attached hydrogens (tertiary/aromatic N) is 3. The number of methoxy groups -OCH3 is 1. The lowest BCUT2D eigenvalue weighted by molar-refractivity contribution is 0.0512. The molecule has 0 aliphatic carbocycles. The standard InChI is InChI=1S/C20H31N5O2/c1-5-15(3)25-18-17(11-23-25)16(10-14(2)24-18)19(26)22-12-20(13-27-4)6-8-21-9-7-20/h10-11,15,21H,5-9,12-13H2,1-4H3,(H,22,26). The number of nitrogens with one attached hydrogen (secondary N) is 2. The second kappa shape index (κ2) is 8.35. The normalized spacial score (nSPS) is 17.8. The SMILES string of the molecule is CCC(C)n1ncc2c(C(=O)NCC3(COC)CCNCC3)cc(C)nc21. The van der Waals surface area contributed by atoms with Crippen molar-refractivity contribution in [3.05, 3.63) is 23.5 Å². The minimum atomic E-state index is -0.0665. The Morgan fingerprint density at radius 3 is 2.85 bits per heavy atom. The van der Waals surface area contributed by atoms with Crippen LogP contribution in [0.1, 0.15) is 55.2 Å². The highest BCUT2D eigenvalue weighted by Gasteiger charge is 2.32. The van der Waals surface area contributed by atoms with Gasteiger partial charge in [0.25, 0.3) is 5.91 Å². The van der Waals surface area contributed by atoms with Crippen LogP contribution in [0.2, 0.25) is 0 Å². The number of hydrogen-bond acceptors (Lipinski definition) is 5. The number of aromatic nitrogens is 3. The summed E-state index contributed by atoms with van der Waals surface area (Å²) >= 11 is 0. The first-order valence-electron chi connectivity index (χ1n) is 9.82. The van der Waals surface area contributed by atoms with Crippen LogP contribution in [0.3, 0.4) is 0 Å². The number of aryl methyl sites for hydroxylation is 1. The second-order valence-corrected chi connectivity index (χ2v) is 7.76. The molecule has 3 rings (SSSR count). The molecule has 7 nitrogen and oxygen atoms in total. The maximum atomic E-state index is 13.0. The smallest absolute Gasteiger partial charge is 0.252 e. The molecule has 2 aromatic rings. The van der Waals surface area contributed by atoms with E-state index in [1.54, 1.807) is 13.3 Å². The summed E-state index contributed by atoms with van der Waals surface area (Å²) in [7, 11) is 1.73. The molecule has 0 bridgehead atoms. The molecule has 1 saturated heterocycles. The maximum absolute atomic E-state index is 13.0. The summed E-state index contributed by atoms with van der Waals surface area (Å²) in [5, 5.41) is 11.8. The lowest BCUT2D eigenvalue weighted by Crippen LogP contribution is -2.47. The Labute approximate surface area is 160 Å². The number of amides is 1. The minimum Gasteiger partial charge on any atom is -0.384 e. The summed E-state index contributed by atoms with van der Waals surface area (Å²) in [6, 6.07) is 2.10. The molecule has 0 saturated carbocycles. The van der Waals surface area contributed by atoms with Crippen molar-refractivity contribution in [1.82, 2.24) is 25.4 Å². The van der Waals surface area contributed by atoms with Gasteiger partial charge in [-0.3, -0.25) is 4.79 Å². The van der Waals surface area contributed by atoms with E-state index in [9.17, 15) is 4.79 Å². The van der Waals surface area contributed by atoms with E-state index in [1.165, 1.54) is 0 Å². The predicted molar refractivity (Wildman–Crippen MR) is 106 cm³/mol. The molecular weight excluding hydrogens is 342 g/mol. The first-order chi connectivity index (χ1) is 13.0. The molecule has 2 aromatic heterocycles. The van der Waals surface area contributed by atoms with Crippen LogP contribution in [-0.2, 0) is 4.74 Å². The number of pyridine rings is 1. The van der Waals surface area contributed by atoms with Crippen LogP contribution < -0.4 is 10.6 Å². The highest BCUT2D eigenvalue weighted by molar-refractivity contribution is 6.05. The number of piperidine rings is 1. The van der Waals surface area contributed by atoms with E-state index in [0.717, 1.165) is 49.1 Å². The van der Waals surface area contributed by atoms with Crippen LogP contribution in [0.4, 0.5) is 0 Å². The van der Waals surface area contributed by atoms with Gasteiger partial charge in [-0.25, -0.2) is 9.67 Å². The molecule has 1 fully saturated rings. The molecule has 27 heavy (non-hydrogen) atoms. The van der Waals surface area contributed by atoms with Gasteiger partial charge >= 0.3 is 0 Å². The Morgan fingerprint density at radius 2 is 2.19 bits per heavy atom. The van der Waals surface area contributed by atoms with Gasteiger partial charge in [-0.1, -0.05) is 6.92 Å². The summed E-state index contributed by atoms with van der Waals surface area (Å²) < 4.78 is 7.37. The molecule has 1 aliphatic heterocycles. The van der Waals surface area contributed by atoms with Gasteiger partial charge in [-0.2, -0.15) is 5.10 Å². The molecule has 2 N–H and O–H groups in total. The van der Waals surface area contributed by atoms with Crippen LogP contribution in [-0.4, -0.2) is 54.0 Å². The van der Waals surface area contributed by atoms with E-state index in [2.05, 4.69) is 34.6 Å². The monoisotopic (exact) mass is 373 g/mol. The Balaban J connectivity index is 1.84. The quantitative estimate of drug-likeness (QED) is 0.779. The van der Waals surface area contributed by atoms with Crippen molar-refractivity contribution in [1.29, 1.82) is 0 Å². The van der Waals surface area contributed by atoms with E-state index < -0.39 is 0 Å². The fourth-order valence-electron chi connectivity index (χ4n) is 3.82. The third-order valence-electron chi connectivity index (χ3n) is 5.69. The lowest BCUT2D eigenvalue weighted by atomic mass is 9.79. The number of hydrogen-bond donors (Lipinski definition) is 2. The molecule has 0 radical (unpaired) electrons. The predicted octanol–water partition coefficient (Wildman–Crippen LogP) is 2.46. The minimum absolute atomic E-state index is 0.00223. The molecular formula is C20H31N5O2. The third kappa shape index (κ3) is 4.14. The average Bonchev–Trinajstić information content (AvgIpc) is 3.09. The number of carbonyl (C=O) groups excluding carboxylic acids is 1. The van der Waals surface area contributed by atoms with E-state index in [1.807, 2.05) is 17.7 Å². The average molecular weight is 374 g/mol. The van der Waals surface area contributed by atoms with E-state index in [0.29, 0.717) is 18.7 Å². The maximum Gasteiger partial charge on any atom is 0.252 e. The fourth-order valence-corrected chi connectivity index (χ4v) is 3.82. The van der Waals surface area contributed by atoms with Gasteiger partial charge in [0.05, 0.1) is 29.8 Å². The molecule has 1 unspecified atom stereocenters. The van der Waals surface area contributed by atoms with E-state index in [4.69, 9.17) is 4.74 Å². The van der Waals surface area contributed by atoms with Gasteiger partial charge in [0, 0.05) is 24.8 Å². The second-order valence-electron chi connectivity index (χ2n) is 7.76. The largest absolute Gasteiger partial charge is 0.384 e. The van der Waals surface area contributed by atoms with Gasteiger partial charge in [0.1, 0.15) is 0 Å². The summed E-state index contributed by atoms with van der Waals surface area (Å²) in [5.41, 5.74) is 2.25. The third-order valence-corrected chi connectivity index (χ3v) is 5.69. The topological polar surface area (TPSA) is 81.1 Å². The zero-order valence-electron chi connectivity index (χ0n) is 16.8. The number of rotatable bonds is 7. The summed E-state index contributed by atoms with van der Waals surface area (Å²) in [6.07, 6.45) is 4.72. The Bertz CT molecular complexity index is 790. The number of carbonyl (C=O) groups is 1. The van der Waals surface area contributed by atoms with Crippen LogP contribution in [0, 0.1) is 12.3 Å². The van der Waals surface area contributed by atoms with Gasteiger partial charge in [0.2, 0.25) is 0 Å².